The lowest BCUT2D eigenvalue weighted by Crippen LogP contribution is -2.29. The zero-order chi connectivity index (χ0) is 11.3. The second kappa shape index (κ2) is 5.63. The molecule has 1 aromatic heterocycles. The van der Waals surface area contributed by atoms with E-state index in [2.05, 4.69) is 14.9 Å². The fourth-order valence-corrected chi connectivity index (χ4v) is 1.09. The van der Waals surface area contributed by atoms with Gasteiger partial charge in [0.1, 0.15) is 5.82 Å². The third-order valence-electron chi connectivity index (χ3n) is 2.13. The topological polar surface area (TPSA) is 52.5 Å². The lowest BCUT2D eigenvalue weighted by molar-refractivity contribution is 0.276. The van der Waals surface area contributed by atoms with E-state index < -0.39 is 0 Å². The Hall–Kier alpha value is -1.20. The van der Waals surface area contributed by atoms with Crippen LogP contribution in [0.4, 0.5) is 5.82 Å². The second-order valence-electron chi connectivity index (χ2n) is 3.75. The van der Waals surface area contributed by atoms with Crippen molar-refractivity contribution in [1.29, 1.82) is 0 Å². The molecule has 5 heteroatoms. The molecule has 0 saturated heterocycles. The molecule has 1 heterocycles. The molecule has 0 saturated carbocycles. The zero-order valence-electron chi connectivity index (χ0n) is 9.51. The first-order valence-electron chi connectivity index (χ1n) is 4.91. The summed E-state index contributed by atoms with van der Waals surface area (Å²) < 4.78 is 0. The fraction of sp³-hybridized carbons (Fsp3) is 0.600. The van der Waals surface area contributed by atoms with Gasteiger partial charge in [0.15, 0.2) is 0 Å². The maximum atomic E-state index is 8.82. The second-order valence-corrected chi connectivity index (χ2v) is 3.75. The molecule has 0 radical (unpaired) electrons. The van der Waals surface area contributed by atoms with E-state index >= 15 is 0 Å². The minimum atomic E-state index is -0.0608. The van der Waals surface area contributed by atoms with Crippen LogP contribution in [-0.2, 0) is 6.61 Å². The molecule has 0 aliphatic heterocycles. The predicted octanol–water partition coefficient (Wildman–Crippen LogP) is -0.0333. The van der Waals surface area contributed by atoms with Crippen molar-refractivity contribution in [1.82, 2.24) is 14.9 Å². The van der Waals surface area contributed by atoms with Crippen LogP contribution in [-0.4, -0.2) is 54.2 Å². The van der Waals surface area contributed by atoms with Gasteiger partial charge in [0.2, 0.25) is 0 Å². The van der Waals surface area contributed by atoms with Gasteiger partial charge >= 0.3 is 0 Å². The minimum Gasteiger partial charge on any atom is -0.390 e. The van der Waals surface area contributed by atoms with Crippen LogP contribution >= 0.6 is 0 Å². The summed E-state index contributed by atoms with van der Waals surface area (Å²) in [4.78, 5) is 12.4. The molecule has 1 rings (SSSR count). The quantitative estimate of drug-likeness (QED) is 0.739. The summed E-state index contributed by atoms with van der Waals surface area (Å²) in [6, 6.07) is 0. The van der Waals surface area contributed by atoms with Crippen molar-refractivity contribution in [2.75, 3.05) is 39.1 Å². The average molecular weight is 210 g/mol. The van der Waals surface area contributed by atoms with Crippen LogP contribution in [0.1, 0.15) is 5.69 Å². The first kappa shape index (κ1) is 11.9. The van der Waals surface area contributed by atoms with Gasteiger partial charge in [-0.25, -0.2) is 4.98 Å². The van der Waals surface area contributed by atoms with Crippen molar-refractivity contribution in [3.63, 3.8) is 0 Å². The number of rotatable bonds is 5. The lowest BCUT2D eigenvalue weighted by atomic mass is 10.4. The van der Waals surface area contributed by atoms with E-state index in [1.54, 1.807) is 12.4 Å². The van der Waals surface area contributed by atoms with Crippen LogP contribution < -0.4 is 4.90 Å². The zero-order valence-corrected chi connectivity index (χ0v) is 9.51. The van der Waals surface area contributed by atoms with Gasteiger partial charge in [-0.1, -0.05) is 0 Å². The molecule has 0 spiro atoms. The molecule has 0 atom stereocenters. The summed E-state index contributed by atoms with van der Waals surface area (Å²) in [5.41, 5.74) is 0.597. The Morgan fingerprint density at radius 2 is 1.87 bits per heavy atom. The Bertz CT molecular complexity index is 286. The summed E-state index contributed by atoms with van der Waals surface area (Å²) in [7, 11) is 6.05. The highest BCUT2D eigenvalue weighted by Gasteiger charge is 2.03. The number of anilines is 1. The van der Waals surface area contributed by atoms with E-state index in [0.29, 0.717) is 5.69 Å². The van der Waals surface area contributed by atoms with Crippen molar-refractivity contribution in [2.45, 2.75) is 6.61 Å². The summed E-state index contributed by atoms with van der Waals surface area (Å²) in [5.74, 6) is 0.828. The molecule has 0 amide bonds. The van der Waals surface area contributed by atoms with Gasteiger partial charge in [0.25, 0.3) is 0 Å². The summed E-state index contributed by atoms with van der Waals surface area (Å²) in [6.07, 6.45) is 3.28. The number of aromatic nitrogens is 2. The van der Waals surface area contributed by atoms with Crippen LogP contribution in [0.5, 0.6) is 0 Å². The Morgan fingerprint density at radius 3 is 2.33 bits per heavy atom. The van der Waals surface area contributed by atoms with Gasteiger partial charge in [-0.15, -0.1) is 0 Å². The van der Waals surface area contributed by atoms with E-state index in [0.717, 1.165) is 18.9 Å². The molecule has 5 nitrogen and oxygen atoms in total. The van der Waals surface area contributed by atoms with Gasteiger partial charge in [-0.05, 0) is 14.1 Å². The van der Waals surface area contributed by atoms with E-state index in [1.807, 2.05) is 26.0 Å². The van der Waals surface area contributed by atoms with Gasteiger partial charge < -0.3 is 14.9 Å². The highest BCUT2D eigenvalue weighted by molar-refractivity contribution is 5.34. The lowest BCUT2D eigenvalue weighted by Gasteiger charge is -2.20. The van der Waals surface area contributed by atoms with Crippen LogP contribution in [0.15, 0.2) is 12.4 Å². The highest BCUT2D eigenvalue weighted by Crippen LogP contribution is 2.06. The number of hydrogen-bond acceptors (Lipinski definition) is 5. The van der Waals surface area contributed by atoms with Crippen LogP contribution in [0.3, 0.4) is 0 Å². The molecule has 1 N–H and O–H groups in total. The smallest absolute Gasteiger partial charge is 0.146 e. The Kier molecular flexibility index (Phi) is 4.45. The first-order chi connectivity index (χ1) is 7.13. The van der Waals surface area contributed by atoms with Gasteiger partial charge in [-0.2, -0.15) is 0 Å². The van der Waals surface area contributed by atoms with E-state index in [9.17, 15) is 0 Å². The molecule has 0 bridgehead atoms. The molecule has 0 aromatic carbocycles. The third-order valence-corrected chi connectivity index (χ3v) is 2.13. The van der Waals surface area contributed by atoms with Crippen molar-refractivity contribution in [3.8, 4) is 0 Å². The Labute approximate surface area is 90.4 Å². The van der Waals surface area contributed by atoms with E-state index in [4.69, 9.17) is 5.11 Å². The molecule has 15 heavy (non-hydrogen) atoms. The number of hydrogen-bond donors (Lipinski definition) is 1. The van der Waals surface area contributed by atoms with Crippen molar-refractivity contribution in [3.05, 3.63) is 18.1 Å². The fourth-order valence-electron chi connectivity index (χ4n) is 1.09. The number of likely N-dealkylation sites (N-methyl/N-ethyl adjacent to an activating group) is 2. The van der Waals surface area contributed by atoms with Gasteiger partial charge in [0.05, 0.1) is 24.7 Å². The Morgan fingerprint density at radius 1 is 1.13 bits per heavy atom. The summed E-state index contributed by atoms with van der Waals surface area (Å²) >= 11 is 0. The normalized spacial score (nSPS) is 10.7. The summed E-state index contributed by atoms with van der Waals surface area (Å²) in [5, 5.41) is 8.82. The Balaban J connectivity index is 2.54. The predicted molar refractivity (Wildman–Crippen MR) is 59.8 cm³/mol. The first-order valence-corrected chi connectivity index (χ1v) is 4.91. The number of nitrogens with zero attached hydrogens (tertiary/aromatic N) is 4. The molecule has 84 valence electrons. The van der Waals surface area contributed by atoms with E-state index in [1.165, 1.54) is 0 Å². The van der Waals surface area contributed by atoms with Crippen LogP contribution in [0.2, 0.25) is 0 Å². The molecule has 0 aliphatic carbocycles. The molecular formula is C10H18N4O. The molecular weight excluding hydrogens is 192 g/mol. The molecule has 0 unspecified atom stereocenters. The standard InChI is InChI=1S/C10H18N4O/c1-13(2)4-5-14(3)10-7-11-9(8-15)6-12-10/h6-7,15H,4-5,8H2,1-3H3. The number of aliphatic hydroxyl groups excluding tert-OH is 1. The molecule has 0 aliphatic rings. The van der Waals surface area contributed by atoms with Crippen molar-refractivity contribution in [2.24, 2.45) is 0 Å². The van der Waals surface area contributed by atoms with Crippen LogP contribution in [0, 0.1) is 0 Å². The monoisotopic (exact) mass is 210 g/mol. The van der Waals surface area contributed by atoms with Crippen molar-refractivity contribution < 1.29 is 5.11 Å². The van der Waals surface area contributed by atoms with Crippen molar-refractivity contribution >= 4 is 5.82 Å². The highest BCUT2D eigenvalue weighted by atomic mass is 16.3. The minimum absolute atomic E-state index is 0.0608. The summed E-state index contributed by atoms with van der Waals surface area (Å²) in [6.45, 7) is 1.81. The largest absolute Gasteiger partial charge is 0.390 e. The number of aliphatic hydroxyl groups is 1. The SMILES string of the molecule is CN(C)CCN(C)c1cnc(CO)cn1. The van der Waals surface area contributed by atoms with Crippen LogP contribution in [0.25, 0.3) is 0 Å². The van der Waals surface area contributed by atoms with E-state index in [-0.39, 0.29) is 6.61 Å². The average Bonchev–Trinajstić information content (AvgIpc) is 2.26. The maximum Gasteiger partial charge on any atom is 0.146 e. The third kappa shape index (κ3) is 3.81. The molecule has 1 aromatic rings. The molecule has 0 fully saturated rings. The van der Waals surface area contributed by atoms with Gasteiger partial charge in [0, 0.05) is 20.1 Å². The maximum absolute atomic E-state index is 8.82. The van der Waals surface area contributed by atoms with Gasteiger partial charge in [-0.3, -0.25) is 4.98 Å².